The smallest absolute Gasteiger partial charge is 0.231 e. The number of fused-ring (bicyclic) bond motifs is 1. The zero-order valence-electron chi connectivity index (χ0n) is 10.7. The Morgan fingerprint density at radius 2 is 2.21 bits per heavy atom. The van der Waals surface area contributed by atoms with E-state index >= 15 is 0 Å². The molecule has 0 unspecified atom stereocenters. The monoisotopic (exact) mass is 263 g/mol. The number of benzene rings is 1. The summed E-state index contributed by atoms with van der Waals surface area (Å²) in [6.07, 6.45) is 1.53. The van der Waals surface area contributed by atoms with Crippen molar-refractivity contribution in [3.8, 4) is 11.5 Å². The maximum absolute atomic E-state index is 11.8. The van der Waals surface area contributed by atoms with E-state index in [-0.39, 0.29) is 12.7 Å². The third kappa shape index (κ3) is 2.98. The molecule has 1 amide bonds. The summed E-state index contributed by atoms with van der Waals surface area (Å²) in [5, 5.41) is 2.93. The molecule has 102 valence electrons. The van der Waals surface area contributed by atoms with Crippen LogP contribution in [0.5, 0.6) is 11.5 Å². The Balaban J connectivity index is 1.50. The molecule has 2 aliphatic heterocycles. The largest absolute Gasteiger partial charge is 0.454 e. The van der Waals surface area contributed by atoms with Gasteiger partial charge in [-0.1, -0.05) is 6.07 Å². The van der Waals surface area contributed by atoms with Gasteiger partial charge in [0.1, 0.15) is 0 Å². The lowest BCUT2D eigenvalue weighted by Gasteiger charge is -2.09. The van der Waals surface area contributed by atoms with Crippen molar-refractivity contribution in [3.05, 3.63) is 23.8 Å². The number of nitrogens with one attached hydrogen (secondary N) is 1. The lowest BCUT2D eigenvalue weighted by molar-refractivity contribution is -0.122. The Morgan fingerprint density at radius 3 is 3.05 bits per heavy atom. The highest BCUT2D eigenvalue weighted by Gasteiger charge is 2.19. The van der Waals surface area contributed by atoms with Gasteiger partial charge in [0.05, 0.1) is 0 Å². The first-order valence-electron chi connectivity index (χ1n) is 6.54. The Morgan fingerprint density at radius 1 is 1.32 bits per heavy atom. The minimum atomic E-state index is 0.0770. The molecule has 5 nitrogen and oxygen atoms in total. The summed E-state index contributed by atoms with van der Waals surface area (Å²) in [4.78, 5) is 11.8. The van der Waals surface area contributed by atoms with E-state index in [0.717, 1.165) is 30.1 Å². The standard InChI is InChI=1S/C14H17NO4/c16-14(6-11-3-4-17-8-11)15-7-10-1-2-12-13(5-10)19-9-18-12/h1-2,5,11H,3-4,6-9H2,(H,15,16)/t11-/m0/s1. The number of carbonyl (C=O) groups is 1. The molecule has 0 radical (unpaired) electrons. The van der Waals surface area contributed by atoms with Crippen molar-refractivity contribution in [2.75, 3.05) is 20.0 Å². The van der Waals surface area contributed by atoms with Crippen molar-refractivity contribution in [1.82, 2.24) is 5.32 Å². The molecule has 0 bridgehead atoms. The summed E-state index contributed by atoms with van der Waals surface area (Å²) in [6, 6.07) is 5.71. The maximum Gasteiger partial charge on any atom is 0.231 e. The molecule has 0 aromatic heterocycles. The van der Waals surface area contributed by atoms with Crippen LogP contribution in [0.1, 0.15) is 18.4 Å². The fourth-order valence-electron chi connectivity index (χ4n) is 2.33. The zero-order valence-corrected chi connectivity index (χ0v) is 10.7. The average Bonchev–Trinajstić information content (AvgIpc) is 3.06. The molecule has 1 aromatic rings. The van der Waals surface area contributed by atoms with Crippen LogP contribution in [0, 0.1) is 5.92 Å². The molecular formula is C14H17NO4. The molecule has 2 heterocycles. The number of ether oxygens (including phenoxy) is 3. The first-order chi connectivity index (χ1) is 9.31. The van der Waals surface area contributed by atoms with E-state index in [9.17, 15) is 4.79 Å². The fourth-order valence-corrected chi connectivity index (χ4v) is 2.33. The van der Waals surface area contributed by atoms with Crippen molar-refractivity contribution in [3.63, 3.8) is 0 Å². The normalized spacial score (nSPS) is 20.5. The molecule has 5 heteroatoms. The summed E-state index contributed by atoms with van der Waals surface area (Å²) in [7, 11) is 0. The third-order valence-electron chi connectivity index (χ3n) is 3.42. The minimum absolute atomic E-state index is 0.0770. The Kier molecular flexibility index (Phi) is 3.55. The van der Waals surface area contributed by atoms with E-state index in [1.54, 1.807) is 0 Å². The van der Waals surface area contributed by atoms with Gasteiger partial charge < -0.3 is 19.5 Å². The van der Waals surface area contributed by atoms with Gasteiger partial charge in [-0.15, -0.1) is 0 Å². The molecule has 1 atom stereocenters. The zero-order chi connectivity index (χ0) is 13.1. The molecule has 1 fully saturated rings. The molecule has 0 spiro atoms. The van der Waals surface area contributed by atoms with Crippen LogP contribution in [0.15, 0.2) is 18.2 Å². The van der Waals surface area contributed by atoms with E-state index in [0.29, 0.717) is 25.5 Å². The lowest BCUT2D eigenvalue weighted by Crippen LogP contribution is -2.25. The molecular weight excluding hydrogens is 246 g/mol. The second-order valence-corrected chi connectivity index (χ2v) is 4.90. The van der Waals surface area contributed by atoms with Gasteiger partial charge >= 0.3 is 0 Å². The summed E-state index contributed by atoms with van der Waals surface area (Å²) in [6.45, 7) is 2.27. The topological polar surface area (TPSA) is 56.8 Å². The molecule has 1 aromatic carbocycles. The Hall–Kier alpha value is -1.75. The van der Waals surface area contributed by atoms with Crippen molar-refractivity contribution >= 4 is 5.91 Å². The highest BCUT2D eigenvalue weighted by atomic mass is 16.7. The van der Waals surface area contributed by atoms with Crippen LogP contribution in [0.4, 0.5) is 0 Å². The third-order valence-corrected chi connectivity index (χ3v) is 3.42. The quantitative estimate of drug-likeness (QED) is 0.893. The van der Waals surface area contributed by atoms with Gasteiger partial charge in [0.2, 0.25) is 12.7 Å². The predicted octanol–water partition coefficient (Wildman–Crippen LogP) is 1.46. The summed E-state index contributed by atoms with van der Waals surface area (Å²) in [5.74, 6) is 1.96. The Bertz CT molecular complexity index is 469. The van der Waals surface area contributed by atoms with E-state index in [2.05, 4.69) is 5.32 Å². The summed E-state index contributed by atoms with van der Waals surface area (Å²) >= 11 is 0. The van der Waals surface area contributed by atoms with Crippen molar-refractivity contribution in [2.45, 2.75) is 19.4 Å². The van der Waals surface area contributed by atoms with E-state index in [1.807, 2.05) is 18.2 Å². The molecule has 3 rings (SSSR count). The maximum atomic E-state index is 11.8. The van der Waals surface area contributed by atoms with Crippen LogP contribution in [0.3, 0.4) is 0 Å². The second-order valence-electron chi connectivity index (χ2n) is 4.90. The molecule has 2 aliphatic rings. The van der Waals surface area contributed by atoms with Gasteiger partial charge in [0.25, 0.3) is 0 Å². The minimum Gasteiger partial charge on any atom is -0.454 e. The first kappa shape index (κ1) is 12.3. The fraction of sp³-hybridized carbons (Fsp3) is 0.500. The predicted molar refractivity (Wildman–Crippen MR) is 68.0 cm³/mol. The number of rotatable bonds is 4. The van der Waals surface area contributed by atoms with Gasteiger partial charge in [-0.25, -0.2) is 0 Å². The molecule has 0 aliphatic carbocycles. The number of carbonyl (C=O) groups excluding carboxylic acids is 1. The van der Waals surface area contributed by atoms with Crippen molar-refractivity contribution in [1.29, 1.82) is 0 Å². The number of amides is 1. The van der Waals surface area contributed by atoms with E-state index in [4.69, 9.17) is 14.2 Å². The van der Waals surface area contributed by atoms with Gasteiger partial charge in [-0.2, -0.15) is 0 Å². The number of hydrogen-bond acceptors (Lipinski definition) is 4. The van der Waals surface area contributed by atoms with Crippen LogP contribution in [-0.2, 0) is 16.1 Å². The second kappa shape index (κ2) is 5.48. The molecule has 19 heavy (non-hydrogen) atoms. The van der Waals surface area contributed by atoms with Crippen LogP contribution >= 0.6 is 0 Å². The Labute approximate surface area is 111 Å². The van der Waals surface area contributed by atoms with Gasteiger partial charge in [0, 0.05) is 26.2 Å². The molecule has 0 saturated carbocycles. The first-order valence-corrected chi connectivity index (χ1v) is 6.54. The van der Waals surface area contributed by atoms with Gasteiger partial charge in [-0.05, 0) is 30.0 Å². The summed E-state index contributed by atoms with van der Waals surface area (Å²) < 4.78 is 15.8. The van der Waals surface area contributed by atoms with Crippen LogP contribution < -0.4 is 14.8 Å². The highest BCUT2D eigenvalue weighted by molar-refractivity contribution is 5.76. The molecule has 1 N–H and O–H groups in total. The van der Waals surface area contributed by atoms with Crippen molar-refractivity contribution in [2.24, 2.45) is 5.92 Å². The van der Waals surface area contributed by atoms with Crippen LogP contribution in [0.25, 0.3) is 0 Å². The van der Waals surface area contributed by atoms with Crippen LogP contribution in [0.2, 0.25) is 0 Å². The van der Waals surface area contributed by atoms with Crippen molar-refractivity contribution < 1.29 is 19.0 Å². The number of hydrogen-bond donors (Lipinski definition) is 1. The average molecular weight is 263 g/mol. The van der Waals surface area contributed by atoms with E-state index < -0.39 is 0 Å². The SMILES string of the molecule is O=C(C[C@@H]1CCOC1)NCc1ccc2c(c1)OCO2. The van der Waals surface area contributed by atoms with Crippen LogP contribution in [-0.4, -0.2) is 25.9 Å². The lowest BCUT2D eigenvalue weighted by atomic mass is 10.0. The van der Waals surface area contributed by atoms with E-state index in [1.165, 1.54) is 0 Å². The highest BCUT2D eigenvalue weighted by Crippen LogP contribution is 2.32. The summed E-state index contributed by atoms with van der Waals surface area (Å²) in [5.41, 5.74) is 1.01. The van der Waals surface area contributed by atoms with Gasteiger partial charge in [0.15, 0.2) is 11.5 Å². The molecule has 1 saturated heterocycles. The van der Waals surface area contributed by atoms with Gasteiger partial charge in [-0.3, -0.25) is 4.79 Å².